The van der Waals surface area contributed by atoms with Crippen LogP contribution in [0.5, 0.6) is 11.5 Å². The van der Waals surface area contributed by atoms with Crippen LogP contribution in [-0.2, 0) is 9.59 Å². The van der Waals surface area contributed by atoms with E-state index in [9.17, 15) is 9.59 Å². The van der Waals surface area contributed by atoms with Gasteiger partial charge in [0, 0.05) is 36.6 Å². The standard InChI is InChI=1S/C26H26ClN3O4/c1-28(2)19-9-5-17(6-10-19)25-26(32)29(22-14-13-21(33-3)15-23(22)34-4)16-24(31)30(25)20-11-7-18(27)8-12-20/h5-15,25H,16H2,1-4H3/t25-/m0/s1. The molecule has 0 bridgehead atoms. The van der Waals surface area contributed by atoms with E-state index in [0.29, 0.717) is 33.5 Å². The lowest BCUT2D eigenvalue weighted by Crippen LogP contribution is -2.56. The molecule has 0 unspecified atom stereocenters. The maximum Gasteiger partial charge on any atom is 0.255 e. The van der Waals surface area contributed by atoms with Crippen molar-refractivity contribution in [1.82, 2.24) is 0 Å². The molecular weight excluding hydrogens is 454 g/mol. The molecule has 0 aliphatic carbocycles. The van der Waals surface area contributed by atoms with E-state index in [1.54, 1.807) is 49.6 Å². The number of hydrogen-bond donors (Lipinski definition) is 0. The molecule has 1 atom stereocenters. The van der Waals surface area contributed by atoms with Crippen LogP contribution in [0.3, 0.4) is 0 Å². The summed E-state index contributed by atoms with van der Waals surface area (Å²) >= 11 is 6.07. The summed E-state index contributed by atoms with van der Waals surface area (Å²) < 4.78 is 10.8. The number of carbonyl (C=O) groups excluding carboxylic acids is 2. The molecule has 8 heteroatoms. The fourth-order valence-corrected chi connectivity index (χ4v) is 4.17. The molecular formula is C26H26ClN3O4. The van der Waals surface area contributed by atoms with Gasteiger partial charge in [-0.3, -0.25) is 19.4 Å². The van der Waals surface area contributed by atoms with Gasteiger partial charge in [0.15, 0.2) is 0 Å². The first-order valence-corrected chi connectivity index (χ1v) is 11.1. The molecule has 0 radical (unpaired) electrons. The highest BCUT2D eigenvalue weighted by molar-refractivity contribution is 6.30. The van der Waals surface area contributed by atoms with Gasteiger partial charge >= 0.3 is 0 Å². The molecule has 3 aromatic carbocycles. The van der Waals surface area contributed by atoms with Gasteiger partial charge in [-0.2, -0.15) is 0 Å². The van der Waals surface area contributed by atoms with Gasteiger partial charge in [0.25, 0.3) is 5.91 Å². The first-order chi connectivity index (χ1) is 16.3. The second-order valence-corrected chi connectivity index (χ2v) is 8.53. The molecule has 1 aliphatic heterocycles. The maximum atomic E-state index is 14.0. The van der Waals surface area contributed by atoms with E-state index in [1.807, 2.05) is 43.3 Å². The van der Waals surface area contributed by atoms with Crippen molar-refractivity contribution in [2.45, 2.75) is 6.04 Å². The van der Waals surface area contributed by atoms with E-state index in [4.69, 9.17) is 21.1 Å². The predicted octanol–water partition coefficient (Wildman–Crippen LogP) is 4.54. The van der Waals surface area contributed by atoms with Gasteiger partial charge in [0.1, 0.15) is 24.1 Å². The van der Waals surface area contributed by atoms with Crippen LogP contribution in [0.15, 0.2) is 66.7 Å². The first-order valence-electron chi connectivity index (χ1n) is 10.7. The normalized spacial score (nSPS) is 16.0. The zero-order valence-electron chi connectivity index (χ0n) is 19.5. The lowest BCUT2D eigenvalue weighted by molar-refractivity contribution is -0.128. The van der Waals surface area contributed by atoms with Crippen LogP contribution in [-0.4, -0.2) is 46.7 Å². The van der Waals surface area contributed by atoms with Gasteiger partial charge in [-0.25, -0.2) is 0 Å². The molecule has 7 nitrogen and oxygen atoms in total. The average Bonchev–Trinajstić information content (AvgIpc) is 2.85. The van der Waals surface area contributed by atoms with E-state index in [-0.39, 0.29) is 18.4 Å². The van der Waals surface area contributed by atoms with Crippen molar-refractivity contribution in [3.05, 3.63) is 77.3 Å². The van der Waals surface area contributed by atoms with Crippen molar-refractivity contribution in [2.75, 3.05) is 49.6 Å². The number of ether oxygens (including phenoxy) is 2. The summed E-state index contributed by atoms with van der Waals surface area (Å²) in [6.07, 6.45) is 0. The van der Waals surface area contributed by atoms with E-state index in [0.717, 1.165) is 5.69 Å². The van der Waals surface area contributed by atoms with Gasteiger partial charge in [0.2, 0.25) is 5.91 Å². The number of halogens is 1. The predicted molar refractivity (Wildman–Crippen MR) is 134 cm³/mol. The first kappa shape index (κ1) is 23.4. The third-order valence-corrected chi connectivity index (χ3v) is 6.08. The lowest BCUT2D eigenvalue weighted by Gasteiger charge is -2.40. The molecule has 0 spiro atoms. The van der Waals surface area contributed by atoms with Crippen LogP contribution >= 0.6 is 11.6 Å². The summed E-state index contributed by atoms with van der Waals surface area (Å²) in [5.74, 6) is 0.578. The smallest absolute Gasteiger partial charge is 0.255 e. The number of methoxy groups -OCH3 is 2. The molecule has 0 saturated carbocycles. The zero-order valence-corrected chi connectivity index (χ0v) is 20.2. The number of amides is 2. The van der Waals surface area contributed by atoms with Crippen molar-refractivity contribution in [2.24, 2.45) is 0 Å². The number of benzene rings is 3. The summed E-state index contributed by atoms with van der Waals surface area (Å²) in [6, 6.07) is 18.8. The monoisotopic (exact) mass is 479 g/mol. The van der Waals surface area contributed by atoms with Crippen LogP contribution in [0.25, 0.3) is 0 Å². The minimum atomic E-state index is -0.856. The highest BCUT2D eigenvalue weighted by Crippen LogP contribution is 2.39. The Balaban J connectivity index is 1.81. The van der Waals surface area contributed by atoms with Crippen LogP contribution in [0.4, 0.5) is 17.1 Å². The third kappa shape index (κ3) is 4.39. The summed E-state index contributed by atoms with van der Waals surface area (Å²) in [7, 11) is 6.97. The summed E-state index contributed by atoms with van der Waals surface area (Å²) in [5, 5.41) is 0.552. The summed E-state index contributed by atoms with van der Waals surface area (Å²) in [5.41, 5.74) is 2.80. The van der Waals surface area contributed by atoms with E-state index < -0.39 is 6.04 Å². The number of rotatable bonds is 6. The van der Waals surface area contributed by atoms with Crippen molar-refractivity contribution in [3.63, 3.8) is 0 Å². The van der Waals surface area contributed by atoms with Gasteiger partial charge in [-0.1, -0.05) is 23.7 Å². The number of hydrogen-bond acceptors (Lipinski definition) is 5. The Morgan fingerprint density at radius 1 is 0.912 bits per heavy atom. The molecule has 4 rings (SSSR count). The number of piperazine rings is 1. The Morgan fingerprint density at radius 2 is 1.59 bits per heavy atom. The number of carbonyl (C=O) groups is 2. The maximum absolute atomic E-state index is 14.0. The number of nitrogens with zero attached hydrogens (tertiary/aromatic N) is 3. The van der Waals surface area contributed by atoms with Gasteiger partial charge < -0.3 is 14.4 Å². The summed E-state index contributed by atoms with van der Waals surface area (Å²) in [4.78, 5) is 32.5. The largest absolute Gasteiger partial charge is 0.497 e. The second-order valence-electron chi connectivity index (χ2n) is 8.09. The van der Waals surface area contributed by atoms with Crippen molar-refractivity contribution in [3.8, 4) is 11.5 Å². The molecule has 1 aliphatic rings. The molecule has 1 fully saturated rings. The highest BCUT2D eigenvalue weighted by atomic mass is 35.5. The SMILES string of the molecule is COc1ccc(N2CC(=O)N(c3ccc(Cl)cc3)[C@@H](c3ccc(N(C)C)cc3)C2=O)c(OC)c1. The molecule has 0 aromatic heterocycles. The quantitative estimate of drug-likeness (QED) is 0.519. The van der Waals surface area contributed by atoms with Crippen molar-refractivity contribution >= 4 is 40.5 Å². The highest BCUT2D eigenvalue weighted by Gasteiger charge is 2.42. The molecule has 1 heterocycles. The zero-order chi connectivity index (χ0) is 24.4. The van der Waals surface area contributed by atoms with Gasteiger partial charge in [0.05, 0.1) is 19.9 Å². The van der Waals surface area contributed by atoms with Crippen LogP contribution in [0.1, 0.15) is 11.6 Å². The fourth-order valence-electron chi connectivity index (χ4n) is 4.04. The van der Waals surface area contributed by atoms with Crippen molar-refractivity contribution in [1.29, 1.82) is 0 Å². The van der Waals surface area contributed by atoms with E-state index in [2.05, 4.69) is 0 Å². The lowest BCUT2D eigenvalue weighted by atomic mass is 9.99. The van der Waals surface area contributed by atoms with Crippen LogP contribution < -0.4 is 24.2 Å². The Labute approximate surface area is 204 Å². The Kier molecular flexibility index (Phi) is 6.65. The van der Waals surface area contributed by atoms with Crippen molar-refractivity contribution < 1.29 is 19.1 Å². The topological polar surface area (TPSA) is 62.3 Å². The minimum Gasteiger partial charge on any atom is -0.497 e. The minimum absolute atomic E-state index is 0.129. The Morgan fingerprint density at radius 3 is 2.18 bits per heavy atom. The van der Waals surface area contributed by atoms with Gasteiger partial charge in [-0.05, 0) is 54.1 Å². The Hall–Kier alpha value is -3.71. The molecule has 3 aromatic rings. The summed E-state index contributed by atoms with van der Waals surface area (Å²) in [6.45, 7) is -0.129. The molecule has 176 valence electrons. The average molecular weight is 480 g/mol. The molecule has 34 heavy (non-hydrogen) atoms. The third-order valence-electron chi connectivity index (χ3n) is 5.83. The Bertz CT molecular complexity index is 1200. The molecule has 0 N–H and O–H groups in total. The second kappa shape index (κ2) is 9.65. The fraction of sp³-hybridized carbons (Fsp3) is 0.231. The van der Waals surface area contributed by atoms with E-state index >= 15 is 0 Å². The van der Waals surface area contributed by atoms with E-state index in [1.165, 1.54) is 16.9 Å². The van der Waals surface area contributed by atoms with Crippen LogP contribution in [0, 0.1) is 0 Å². The van der Waals surface area contributed by atoms with Crippen LogP contribution in [0.2, 0.25) is 5.02 Å². The molecule has 1 saturated heterocycles. The number of anilines is 3. The van der Waals surface area contributed by atoms with Gasteiger partial charge in [-0.15, -0.1) is 0 Å². The molecule has 2 amide bonds.